The van der Waals surface area contributed by atoms with Crippen molar-refractivity contribution in [3.05, 3.63) is 10.9 Å². The van der Waals surface area contributed by atoms with E-state index in [4.69, 9.17) is 4.74 Å². The molecule has 0 amide bonds. The first-order valence-corrected chi connectivity index (χ1v) is 8.66. The highest BCUT2D eigenvalue weighted by atomic mass is 32.1. The number of aromatic nitrogens is 2. The molecule has 2 rings (SSSR count). The third-order valence-corrected chi connectivity index (χ3v) is 4.55. The maximum atomic E-state index is 5.99. The van der Waals surface area contributed by atoms with Gasteiger partial charge in [0.15, 0.2) is 0 Å². The monoisotopic (exact) mass is 307 g/mol. The van der Waals surface area contributed by atoms with E-state index in [2.05, 4.69) is 42.1 Å². The van der Waals surface area contributed by atoms with E-state index in [1.54, 1.807) is 11.3 Å². The maximum absolute atomic E-state index is 5.99. The molecule has 0 radical (unpaired) electrons. The molecule has 1 atom stereocenters. The van der Waals surface area contributed by atoms with Crippen LogP contribution in [-0.2, 0) is 6.42 Å². The standard InChI is InChI=1S/C16H25N3OS/c1-5-8-11(4)10-20-14-13-9-12(6-2)21-15(13)19-16(18-14)17-7-3/h9,11H,5-8,10H2,1-4H3,(H,17,18,19). The van der Waals surface area contributed by atoms with E-state index in [9.17, 15) is 0 Å². The van der Waals surface area contributed by atoms with Crippen LogP contribution in [0.3, 0.4) is 0 Å². The van der Waals surface area contributed by atoms with Crippen molar-refractivity contribution in [2.45, 2.75) is 47.0 Å². The van der Waals surface area contributed by atoms with Gasteiger partial charge in [-0.1, -0.05) is 27.2 Å². The fourth-order valence-electron chi connectivity index (χ4n) is 2.26. The van der Waals surface area contributed by atoms with Crippen molar-refractivity contribution in [2.75, 3.05) is 18.5 Å². The minimum Gasteiger partial charge on any atom is -0.477 e. The number of aryl methyl sites for hydroxylation is 1. The normalized spacial score (nSPS) is 12.6. The minimum absolute atomic E-state index is 0.548. The summed E-state index contributed by atoms with van der Waals surface area (Å²) in [7, 11) is 0. The molecule has 0 aromatic carbocycles. The number of ether oxygens (including phenoxy) is 1. The first-order valence-electron chi connectivity index (χ1n) is 7.85. The Bertz CT molecular complexity index is 582. The molecule has 0 saturated carbocycles. The number of nitrogens with one attached hydrogen (secondary N) is 1. The van der Waals surface area contributed by atoms with Crippen LogP contribution in [0.4, 0.5) is 5.95 Å². The number of rotatable bonds is 8. The summed E-state index contributed by atoms with van der Waals surface area (Å²) in [6.45, 7) is 10.1. The van der Waals surface area contributed by atoms with Gasteiger partial charge in [-0.25, -0.2) is 4.98 Å². The van der Waals surface area contributed by atoms with E-state index >= 15 is 0 Å². The molecular weight excluding hydrogens is 282 g/mol. The molecular formula is C16H25N3OS. The Kier molecular flexibility index (Phi) is 5.79. The number of anilines is 1. The second kappa shape index (κ2) is 7.59. The maximum Gasteiger partial charge on any atom is 0.227 e. The Hall–Kier alpha value is -1.36. The van der Waals surface area contributed by atoms with Gasteiger partial charge in [0.25, 0.3) is 0 Å². The van der Waals surface area contributed by atoms with Gasteiger partial charge in [0.2, 0.25) is 11.8 Å². The van der Waals surface area contributed by atoms with Gasteiger partial charge in [0, 0.05) is 11.4 Å². The van der Waals surface area contributed by atoms with Gasteiger partial charge in [0.1, 0.15) is 4.83 Å². The Morgan fingerprint density at radius 1 is 1.29 bits per heavy atom. The predicted molar refractivity (Wildman–Crippen MR) is 90.5 cm³/mol. The first-order chi connectivity index (χ1) is 10.2. The molecule has 0 fully saturated rings. The lowest BCUT2D eigenvalue weighted by Gasteiger charge is -2.12. The topological polar surface area (TPSA) is 47.0 Å². The van der Waals surface area contributed by atoms with E-state index in [0.717, 1.165) is 29.1 Å². The number of thiophene rings is 1. The third kappa shape index (κ3) is 4.06. The highest BCUT2D eigenvalue weighted by molar-refractivity contribution is 7.18. The van der Waals surface area contributed by atoms with Crippen molar-refractivity contribution in [3.8, 4) is 5.88 Å². The van der Waals surface area contributed by atoms with Gasteiger partial charge in [-0.05, 0) is 31.7 Å². The molecule has 5 heteroatoms. The summed E-state index contributed by atoms with van der Waals surface area (Å²) in [5, 5.41) is 4.23. The summed E-state index contributed by atoms with van der Waals surface area (Å²) in [4.78, 5) is 11.4. The Morgan fingerprint density at radius 3 is 2.76 bits per heavy atom. The Labute approximate surface area is 131 Å². The van der Waals surface area contributed by atoms with Gasteiger partial charge in [-0.2, -0.15) is 4.98 Å². The molecule has 21 heavy (non-hydrogen) atoms. The number of hydrogen-bond donors (Lipinski definition) is 1. The number of fused-ring (bicyclic) bond motifs is 1. The lowest BCUT2D eigenvalue weighted by Crippen LogP contribution is -2.10. The molecule has 0 aliphatic rings. The van der Waals surface area contributed by atoms with E-state index in [-0.39, 0.29) is 0 Å². The van der Waals surface area contributed by atoms with Crippen LogP contribution in [0.5, 0.6) is 5.88 Å². The zero-order valence-corrected chi connectivity index (χ0v) is 14.2. The number of nitrogens with zero attached hydrogens (tertiary/aromatic N) is 2. The van der Waals surface area contributed by atoms with Crippen molar-refractivity contribution in [2.24, 2.45) is 5.92 Å². The molecule has 0 bridgehead atoms. The van der Waals surface area contributed by atoms with Crippen LogP contribution in [0.25, 0.3) is 10.2 Å². The van der Waals surface area contributed by atoms with Gasteiger partial charge in [0.05, 0.1) is 12.0 Å². The molecule has 0 aliphatic carbocycles. The van der Waals surface area contributed by atoms with E-state index in [0.29, 0.717) is 18.5 Å². The second-order valence-electron chi connectivity index (χ2n) is 5.37. The van der Waals surface area contributed by atoms with Crippen LogP contribution >= 0.6 is 11.3 Å². The summed E-state index contributed by atoms with van der Waals surface area (Å²) in [5.74, 6) is 1.93. The molecule has 0 spiro atoms. The molecule has 0 aliphatic heterocycles. The number of hydrogen-bond acceptors (Lipinski definition) is 5. The van der Waals surface area contributed by atoms with Gasteiger partial charge in [-0.3, -0.25) is 0 Å². The average molecular weight is 307 g/mol. The van der Waals surface area contributed by atoms with Crippen LogP contribution in [0.2, 0.25) is 0 Å². The fourth-order valence-corrected chi connectivity index (χ4v) is 3.22. The predicted octanol–water partition coefficient (Wildman–Crippen LogP) is 4.50. The highest BCUT2D eigenvalue weighted by Crippen LogP contribution is 2.32. The average Bonchev–Trinajstić information content (AvgIpc) is 2.88. The molecule has 0 saturated heterocycles. The minimum atomic E-state index is 0.548. The molecule has 2 heterocycles. The lowest BCUT2D eigenvalue weighted by atomic mass is 10.1. The zero-order valence-electron chi connectivity index (χ0n) is 13.4. The van der Waals surface area contributed by atoms with Crippen LogP contribution in [0.1, 0.15) is 45.4 Å². The highest BCUT2D eigenvalue weighted by Gasteiger charge is 2.13. The van der Waals surface area contributed by atoms with Crippen molar-refractivity contribution in [1.82, 2.24) is 9.97 Å². The lowest BCUT2D eigenvalue weighted by molar-refractivity contribution is 0.246. The zero-order chi connectivity index (χ0) is 15.2. The van der Waals surface area contributed by atoms with Crippen LogP contribution in [-0.4, -0.2) is 23.1 Å². The summed E-state index contributed by atoms with van der Waals surface area (Å²) in [6, 6.07) is 2.16. The van der Waals surface area contributed by atoms with E-state index < -0.39 is 0 Å². The van der Waals surface area contributed by atoms with Crippen molar-refractivity contribution >= 4 is 27.5 Å². The van der Waals surface area contributed by atoms with Crippen LogP contribution < -0.4 is 10.1 Å². The smallest absolute Gasteiger partial charge is 0.227 e. The van der Waals surface area contributed by atoms with Gasteiger partial charge >= 0.3 is 0 Å². The van der Waals surface area contributed by atoms with Crippen LogP contribution in [0, 0.1) is 5.92 Å². The van der Waals surface area contributed by atoms with E-state index in [1.165, 1.54) is 17.7 Å². The largest absolute Gasteiger partial charge is 0.477 e. The van der Waals surface area contributed by atoms with Gasteiger partial charge in [-0.15, -0.1) is 11.3 Å². The van der Waals surface area contributed by atoms with E-state index in [1.807, 2.05) is 6.92 Å². The molecule has 1 unspecified atom stereocenters. The molecule has 2 aromatic heterocycles. The first kappa shape index (κ1) is 16.0. The second-order valence-corrected chi connectivity index (χ2v) is 6.49. The molecule has 2 aromatic rings. The Morgan fingerprint density at radius 2 is 2.10 bits per heavy atom. The summed E-state index contributed by atoms with van der Waals surface area (Å²) in [5.41, 5.74) is 0. The van der Waals surface area contributed by atoms with Crippen LogP contribution in [0.15, 0.2) is 6.07 Å². The molecule has 116 valence electrons. The summed E-state index contributed by atoms with van der Waals surface area (Å²) < 4.78 is 5.99. The molecule has 4 nitrogen and oxygen atoms in total. The third-order valence-electron chi connectivity index (χ3n) is 3.38. The molecule has 1 N–H and O–H groups in total. The van der Waals surface area contributed by atoms with Crippen molar-refractivity contribution in [3.63, 3.8) is 0 Å². The van der Waals surface area contributed by atoms with Gasteiger partial charge < -0.3 is 10.1 Å². The summed E-state index contributed by atoms with van der Waals surface area (Å²) in [6.07, 6.45) is 3.38. The Balaban J connectivity index is 2.27. The van der Waals surface area contributed by atoms with Crippen molar-refractivity contribution < 1.29 is 4.74 Å². The SMILES string of the molecule is CCCC(C)COc1nc(NCC)nc2sc(CC)cc12. The fraction of sp³-hybridized carbons (Fsp3) is 0.625. The quantitative estimate of drug-likeness (QED) is 0.780. The summed E-state index contributed by atoms with van der Waals surface area (Å²) >= 11 is 1.72. The van der Waals surface area contributed by atoms with Crippen molar-refractivity contribution in [1.29, 1.82) is 0 Å².